The Morgan fingerprint density at radius 1 is 1.00 bits per heavy atom. The Bertz CT molecular complexity index is 793. The summed E-state index contributed by atoms with van der Waals surface area (Å²) in [6, 6.07) is 10.2. The lowest BCUT2D eigenvalue weighted by atomic mass is 9.95. The van der Waals surface area contributed by atoms with Crippen molar-refractivity contribution in [3.63, 3.8) is 0 Å². The van der Waals surface area contributed by atoms with Crippen molar-refractivity contribution in [2.75, 3.05) is 31.1 Å². The van der Waals surface area contributed by atoms with Gasteiger partial charge in [0, 0.05) is 38.6 Å². The number of aryl methyl sites for hydroxylation is 1. The monoisotopic (exact) mass is 348 g/mol. The van der Waals surface area contributed by atoms with Crippen LogP contribution < -0.4 is 10.3 Å². The molecule has 0 unspecified atom stereocenters. The third-order valence-corrected chi connectivity index (χ3v) is 4.98. The van der Waals surface area contributed by atoms with Gasteiger partial charge >= 0.3 is 0 Å². The van der Waals surface area contributed by atoms with Crippen LogP contribution in [0.25, 0.3) is 0 Å². The molecule has 2 aliphatic rings. The average molecular weight is 348 g/mol. The van der Waals surface area contributed by atoms with Gasteiger partial charge in [-0.15, -0.1) is 0 Å². The summed E-state index contributed by atoms with van der Waals surface area (Å²) in [5.41, 5.74) is 6.50. The molecule has 134 valence electrons. The number of anilines is 1. The number of nitrogens with one attached hydrogen (secondary N) is 1. The van der Waals surface area contributed by atoms with Gasteiger partial charge in [-0.25, -0.2) is 4.98 Å². The highest BCUT2D eigenvalue weighted by molar-refractivity contribution is 6.00. The highest BCUT2D eigenvalue weighted by Crippen LogP contribution is 2.19. The standard InChI is InChI=1S/C20H24N6/c1-16(23-24-18-8-4-6-17-7-5-11-22-20(17)18)25-12-14-26(15-13-25)19-9-2-3-10-21-19/h2-3,5,7,9-11,23H,1,4,6,8,12-15H2/b24-18-. The molecular formula is C20H24N6. The lowest BCUT2D eigenvalue weighted by Gasteiger charge is -2.37. The Labute approximate surface area is 154 Å². The van der Waals surface area contributed by atoms with Gasteiger partial charge in [0.25, 0.3) is 0 Å². The van der Waals surface area contributed by atoms with Gasteiger partial charge < -0.3 is 9.80 Å². The van der Waals surface area contributed by atoms with E-state index in [1.165, 1.54) is 5.56 Å². The van der Waals surface area contributed by atoms with Crippen LogP contribution in [0.15, 0.2) is 60.2 Å². The maximum Gasteiger partial charge on any atom is 0.128 e. The summed E-state index contributed by atoms with van der Waals surface area (Å²) < 4.78 is 0. The van der Waals surface area contributed by atoms with Crippen LogP contribution >= 0.6 is 0 Å². The van der Waals surface area contributed by atoms with E-state index in [0.717, 1.165) is 68.5 Å². The predicted molar refractivity (Wildman–Crippen MR) is 104 cm³/mol. The molecule has 1 aliphatic heterocycles. The van der Waals surface area contributed by atoms with Crippen molar-refractivity contribution in [1.29, 1.82) is 0 Å². The van der Waals surface area contributed by atoms with Crippen molar-refractivity contribution in [3.8, 4) is 0 Å². The van der Waals surface area contributed by atoms with Gasteiger partial charge in [0.15, 0.2) is 0 Å². The first-order chi connectivity index (χ1) is 12.8. The third kappa shape index (κ3) is 3.54. The molecule has 0 radical (unpaired) electrons. The van der Waals surface area contributed by atoms with Gasteiger partial charge in [-0.1, -0.05) is 18.7 Å². The fraction of sp³-hybridized carbons (Fsp3) is 0.350. The smallest absolute Gasteiger partial charge is 0.128 e. The molecule has 3 heterocycles. The molecule has 0 aromatic carbocycles. The van der Waals surface area contributed by atoms with Crippen molar-refractivity contribution < 1.29 is 0 Å². The maximum absolute atomic E-state index is 4.61. The summed E-state index contributed by atoms with van der Waals surface area (Å²) in [5.74, 6) is 1.89. The lowest BCUT2D eigenvalue weighted by molar-refractivity contribution is 0.302. The molecule has 1 N–H and O–H groups in total. The summed E-state index contributed by atoms with van der Waals surface area (Å²) in [5, 5.41) is 4.61. The highest BCUT2D eigenvalue weighted by Gasteiger charge is 2.20. The first-order valence-corrected chi connectivity index (χ1v) is 9.18. The summed E-state index contributed by atoms with van der Waals surface area (Å²) >= 11 is 0. The Hall–Kier alpha value is -2.89. The summed E-state index contributed by atoms with van der Waals surface area (Å²) in [4.78, 5) is 13.5. The Kier molecular flexibility index (Phi) is 4.82. The van der Waals surface area contributed by atoms with Crippen molar-refractivity contribution in [2.45, 2.75) is 19.3 Å². The number of aromatic nitrogens is 2. The molecule has 6 heteroatoms. The van der Waals surface area contributed by atoms with Crippen LogP contribution in [0.4, 0.5) is 5.82 Å². The van der Waals surface area contributed by atoms with Crippen LogP contribution in [0, 0.1) is 0 Å². The number of nitrogens with zero attached hydrogens (tertiary/aromatic N) is 5. The second kappa shape index (κ2) is 7.56. The number of fused-ring (bicyclic) bond motifs is 1. The van der Waals surface area contributed by atoms with Crippen LogP contribution in [0.5, 0.6) is 0 Å². The van der Waals surface area contributed by atoms with Crippen LogP contribution in [-0.4, -0.2) is 46.8 Å². The molecule has 0 saturated carbocycles. The fourth-order valence-electron chi connectivity index (χ4n) is 3.52. The number of hydrogen-bond donors (Lipinski definition) is 1. The molecule has 1 fully saturated rings. The minimum absolute atomic E-state index is 0.848. The van der Waals surface area contributed by atoms with E-state index < -0.39 is 0 Å². The summed E-state index contributed by atoms with van der Waals surface area (Å²) in [6.07, 6.45) is 6.84. The van der Waals surface area contributed by atoms with Crippen molar-refractivity contribution in [1.82, 2.24) is 20.3 Å². The number of hydrogen-bond acceptors (Lipinski definition) is 6. The van der Waals surface area contributed by atoms with Gasteiger partial charge in [-0.3, -0.25) is 10.4 Å². The molecule has 0 atom stereocenters. The minimum Gasteiger partial charge on any atom is -0.354 e. The van der Waals surface area contributed by atoms with Crippen molar-refractivity contribution in [2.24, 2.45) is 5.10 Å². The van der Waals surface area contributed by atoms with Crippen LogP contribution in [-0.2, 0) is 6.42 Å². The number of rotatable bonds is 4. The minimum atomic E-state index is 0.848. The Morgan fingerprint density at radius 2 is 1.85 bits per heavy atom. The first-order valence-electron chi connectivity index (χ1n) is 9.18. The third-order valence-electron chi connectivity index (χ3n) is 4.98. The highest BCUT2D eigenvalue weighted by atomic mass is 15.4. The van der Waals surface area contributed by atoms with Crippen molar-refractivity contribution in [3.05, 3.63) is 66.4 Å². The van der Waals surface area contributed by atoms with E-state index in [0.29, 0.717) is 0 Å². The van der Waals surface area contributed by atoms with Gasteiger partial charge in [-0.2, -0.15) is 5.10 Å². The maximum atomic E-state index is 4.61. The molecule has 2 aromatic heterocycles. The van der Waals surface area contributed by atoms with E-state index in [1.54, 1.807) is 0 Å². The van der Waals surface area contributed by atoms with Crippen LogP contribution in [0.2, 0.25) is 0 Å². The Morgan fingerprint density at radius 3 is 2.65 bits per heavy atom. The SMILES string of the molecule is C=C(N/N=C1/CCCc2cccnc21)N1CCN(c2ccccn2)CC1. The molecule has 0 spiro atoms. The predicted octanol–water partition coefficient (Wildman–Crippen LogP) is 2.40. The molecule has 4 rings (SSSR count). The molecule has 6 nitrogen and oxygen atoms in total. The quantitative estimate of drug-likeness (QED) is 0.860. The summed E-state index contributed by atoms with van der Waals surface area (Å²) in [7, 11) is 0. The van der Waals surface area contributed by atoms with E-state index in [2.05, 4.69) is 49.0 Å². The molecule has 1 saturated heterocycles. The average Bonchev–Trinajstić information content (AvgIpc) is 2.73. The van der Waals surface area contributed by atoms with Crippen LogP contribution in [0.3, 0.4) is 0 Å². The van der Waals surface area contributed by atoms with E-state index in [1.807, 2.05) is 30.6 Å². The van der Waals surface area contributed by atoms with E-state index in [4.69, 9.17) is 0 Å². The molecule has 0 amide bonds. The molecular weight excluding hydrogens is 324 g/mol. The zero-order chi connectivity index (χ0) is 17.8. The Balaban J connectivity index is 1.35. The molecule has 2 aromatic rings. The number of hydrazone groups is 1. The number of piperazine rings is 1. The zero-order valence-corrected chi connectivity index (χ0v) is 14.9. The van der Waals surface area contributed by atoms with E-state index in [-0.39, 0.29) is 0 Å². The number of pyridine rings is 2. The van der Waals surface area contributed by atoms with Gasteiger partial charge in [0.05, 0.1) is 11.4 Å². The topological polar surface area (TPSA) is 56.7 Å². The summed E-state index contributed by atoms with van der Waals surface area (Å²) in [6.45, 7) is 7.84. The second-order valence-electron chi connectivity index (χ2n) is 6.64. The van der Waals surface area contributed by atoms with Gasteiger partial charge in [0.1, 0.15) is 11.6 Å². The zero-order valence-electron chi connectivity index (χ0n) is 14.9. The first kappa shape index (κ1) is 16.6. The largest absolute Gasteiger partial charge is 0.354 e. The van der Waals surface area contributed by atoms with E-state index in [9.17, 15) is 0 Å². The molecule has 26 heavy (non-hydrogen) atoms. The lowest BCUT2D eigenvalue weighted by Crippen LogP contribution is -2.47. The molecule has 1 aliphatic carbocycles. The molecule has 0 bridgehead atoms. The normalized spacial score (nSPS) is 18.5. The fourth-order valence-corrected chi connectivity index (χ4v) is 3.52. The second-order valence-corrected chi connectivity index (χ2v) is 6.64. The van der Waals surface area contributed by atoms with Crippen molar-refractivity contribution >= 4 is 11.5 Å². The van der Waals surface area contributed by atoms with Gasteiger partial charge in [-0.05, 0) is 43.0 Å². The van der Waals surface area contributed by atoms with Crippen LogP contribution in [0.1, 0.15) is 24.1 Å². The van der Waals surface area contributed by atoms with E-state index >= 15 is 0 Å². The van der Waals surface area contributed by atoms with Gasteiger partial charge in [0.2, 0.25) is 0 Å².